The van der Waals surface area contributed by atoms with Crippen LogP contribution in [0.25, 0.3) is 0 Å². The Labute approximate surface area is 129 Å². The minimum atomic E-state index is 0.0362. The minimum Gasteiger partial charge on any atom is -0.409 e. The number of hydrogen-bond acceptors (Lipinski definition) is 4. The van der Waals surface area contributed by atoms with Crippen LogP contribution in [0.1, 0.15) is 25.8 Å². The molecule has 4 nitrogen and oxygen atoms in total. The summed E-state index contributed by atoms with van der Waals surface area (Å²) in [7, 11) is 0. The second kappa shape index (κ2) is 6.14. The second-order valence-corrected chi connectivity index (χ2v) is 7.70. The van der Waals surface area contributed by atoms with E-state index >= 15 is 0 Å². The molecule has 0 aliphatic carbocycles. The molecule has 1 aromatic carbocycles. The van der Waals surface area contributed by atoms with E-state index in [2.05, 4.69) is 23.9 Å². The fraction of sp³-hybridized carbons (Fsp3) is 0.500. The van der Waals surface area contributed by atoms with E-state index in [4.69, 9.17) is 22.5 Å². The SMILES string of the molecule is CC1(C)CCN(c2ccc(/C(N)=N/O)c(Cl)c2)CCS1. The predicted molar refractivity (Wildman–Crippen MR) is 87.3 cm³/mol. The van der Waals surface area contributed by atoms with Gasteiger partial charge in [0, 0.05) is 34.8 Å². The van der Waals surface area contributed by atoms with Crippen LogP contribution in [-0.2, 0) is 0 Å². The van der Waals surface area contributed by atoms with Crippen molar-refractivity contribution in [3.63, 3.8) is 0 Å². The third kappa shape index (κ3) is 3.52. The van der Waals surface area contributed by atoms with Gasteiger partial charge in [0.1, 0.15) is 0 Å². The monoisotopic (exact) mass is 313 g/mol. The smallest absolute Gasteiger partial charge is 0.171 e. The van der Waals surface area contributed by atoms with Crippen molar-refractivity contribution in [1.82, 2.24) is 0 Å². The Morgan fingerprint density at radius 1 is 1.45 bits per heavy atom. The first kappa shape index (κ1) is 15.3. The molecule has 1 heterocycles. The quantitative estimate of drug-likeness (QED) is 0.381. The molecule has 1 fully saturated rings. The zero-order chi connectivity index (χ0) is 14.8. The molecule has 2 rings (SSSR count). The number of anilines is 1. The summed E-state index contributed by atoms with van der Waals surface area (Å²) in [6.07, 6.45) is 1.14. The Morgan fingerprint density at radius 3 is 2.85 bits per heavy atom. The van der Waals surface area contributed by atoms with Gasteiger partial charge in [-0.15, -0.1) is 0 Å². The van der Waals surface area contributed by atoms with Gasteiger partial charge in [0.25, 0.3) is 0 Å². The van der Waals surface area contributed by atoms with Gasteiger partial charge in [0.15, 0.2) is 5.84 Å². The Bertz CT molecular complexity index is 519. The molecule has 0 bridgehead atoms. The van der Waals surface area contributed by atoms with Gasteiger partial charge in [-0.1, -0.05) is 30.6 Å². The highest BCUT2D eigenvalue weighted by atomic mass is 35.5. The summed E-state index contributed by atoms with van der Waals surface area (Å²) in [5.74, 6) is 1.14. The van der Waals surface area contributed by atoms with E-state index in [1.165, 1.54) is 0 Å². The fourth-order valence-electron chi connectivity index (χ4n) is 2.24. The number of nitrogens with zero attached hydrogens (tertiary/aromatic N) is 2. The summed E-state index contributed by atoms with van der Waals surface area (Å²) in [6, 6.07) is 5.66. The lowest BCUT2D eigenvalue weighted by Gasteiger charge is -2.24. The molecule has 0 amide bonds. The van der Waals surface area contributed by atoms with E-state index in [-0.39, 0.29) is 5.84 Å². The van der Waals surface area contributed by atoms with E-state index in [0.717, 1.165) is 31.0 Å². The van der Waals surface area contributed by atoms with E-state index in [1.807, 2.05) is 23.9 Å². The molecule has 0 atom stereocenters. The van der Waals surface area contributed by atoms with Gasteiger partial charge < -0.3 is 15.8 Å². The molecule has 110 valence electrons. The van der Waals surface area contributed by atoms with Gasteiger partial charge in [-0.05, 0) is 24.6 Å². The van der Waals surface area contributed by atoms with Crippen LogP contribution >= 0.6 is 23.4 Å². The maximum atomic E-state index is 8.72. The van der Waals surface area contributed by atoms with Gasteiger partial charge in [0.2, 0.25) is 0 Å². The number of rotatable bonds is 2. The fourth-order valence-corrected chi connectivity index (χ4v) is 3.61. The zero-order valence-corrected chi connectivity index (χ0v) is 13.3. The molecule has 1 aliphatic rings. The summed E-state index contributed by atoms with van der Waals surface area (Å²) in [5.41, 5.74) is 7.23. The van der Waals surface area contributed by atoms with Crippen LogP contribution in [0.15, 0.2) is 23.4 Å². The number of halogens is 1. The number of nitrogens with two attached hydrogens (primary N) is 1. The molecule has 0 aromatic heterocycles. The van der Waals surface area contributed by atoms with Crippen molar-refractivity contribution in [2.24, 2.45) is 10.9 Å². The molecule has 0 unspecified atom stereocenters. The van der Waals surface area contributed by atoms with Crippen molar-refractivity contribution in [3.05, 3.63) is 28.8 Å². The van der Waals surface area contributed by atoms with Crippen LogP contribution in [0, 0.1) is 0 Å². The third-order valence-corrected chi connectivity index (χ3v) is 5.22. The molecule has 1 aliphatic heterocycles. The van der Waals surface area contributed by atoms with Gasteiger partial charge in [-0.25, -0.2) is 0 Å². The highest BCUT2D eigenvalue weighted by molar-refractivity contribution is 8.00. The molecule has 0 radical (unpaired) electrons. The molecule has 1 saturated heterocycles. The average molecular weight is 314 g/mol. The lowest BCUT2D eigenvalue weighted by atomic mass is 10.1. The van der Waals surface area contributed by atoms with E-state index in [1.54, 1.807) is 6.07 Å². The maximum Gasteiger partial charge on any atom is 0.171 e. The molecular weight excluding hydrogens is 294 g/mol. The van der Waals surface area contributed by atoms with Crippen molar-refractivity contribution in [1.29, 1.82) is 0 Å². The average Bonchev–Trinajstić information content (AvgIpc) is 2.59. The van der Waals surface area contributed by atoms with Gasteiger partial charge >= 0.3 is 0 Å². The lowest BCUT2D eigenvalue weighted by molar-refractivity contribution is 0.318. The topological polar surface area (TPSA) is 61.8 Å². The van der Waals surface area contributed by atoms with Gasteiger partial charge in [-0.3, -0.25) is 0 Å². The van der Waals surface area contributed by atoms with Gasteiger partial charge in [0.05, 0.1) is 5.02 Å². The molecule has 3 N–H and O–H groups in total. The van der Waals surface area contributed by atoms with Gasteiger partial charge in [-0.2, -0.15) is 11.8 Å². The standard InChI is InChI=1S/C14H20ClN3OS/c1-14(2)5-6-18(7-8-20-14)10-3-4-11(12(15)9-10)13(16)17-19/h3-4,9,19H,5-8H2,1-2H3,(H2,16,17). The summed E-state index contributed by atoms with van der Waals surface area (Å²) < 4.78 is 0.326. The lowest BCUT2D eigenvalue weighted by Crippen LogP contribution is -2.27. The summed E-state index contributed by atoms with van der Waals surface area (Å²) in [4.78, 5) is 2.34. The highest BCUT2D eigenvalue weighted by Crippen LogP contribution is 2.33. The van der Waals surface area contributed by atoms with Crippen LogP contribution in [0.2, 0.25) is 5.02 Å². The molecule has 1 aromatic rings. The highest BCUT2D eigenvalue weighted by Gasteiger charge is 2.24. The Morgan fingerprint density at radius 2 is 2.20 bits per heavy atom. The molecular formula is C14H20ClN3OS. The first-order valence-corrected chi connectivity index (χ1v) is 7.96. The number of hydrogen-bond donors (Lipinski definition) is 2. The Hall–Kier alpha value is -1.07. The first-order valence-electron chi connectivity index (χ1n) is 6.59. The second-order valence-electron chi connectivity index (χ2n) is 5.49. The zero-order valence-electron chi connectivity index (χ0n) is 11.8. The van der Waals surface area contributed by atoms with Crippen molar-refractivity contribution >= 4 is 34.9 Å². The summed E-state index contributed by atoms with van der Waals surface area (Å²) in [5, 5.41) is 12.2. The molecule has 6 heteroatoms. The van der Waals surface area contributed by atoms with Crippen LogP contribution in [0.4, 0.5) is 5.69 Å². The molecule has 0 spiro atoms. The molecule has 20 heavy (non-hydrogen) atoms. The van der Waals surface area contributed by atoms with Crippen LogP contribution < -0.4 is 10.6 Å². The van der Waals surface area contributed by atoms with Crippen LogP contribution in [0.5, 0.6) is 0 Å². The molecule has 0 saturated carbocycles. The maximum absolute atomic E-state index is 8.72. The van der Waals surface area contributed by atoms with E-state index in [0.29, 0.717) is 15.3 Å². The van der Waals surface area contributed by atoms with Crippen molar-refractivity contribution < 1.29 is 5.21 Å². The third-order valence-electron chi connectivity index (χ3n) is 3.54. The van der Waals surface area contributed by atoms with Crippen LogP contribution in [-0.4, -0.2) is 34.6 Å². The largest absolute Gasteiger partial charge is 0.409 e. The normalized spacial score (nSPS) is 19.8. The predicted octanol–water partition coefficient (Wildman–Crippen LogP) is 3.16. The van der Waals surface area contributed by atoms with E-state index < -0.39 is 0 Å². The van der Waals surface area contributed by atoms with Crippen molar-refractivity contribution in [3.8, 4) is 0 Å². The number of amidine groups is 1. The van der Waals surface area contributed by atoms with Crippen molar-refractivity contribution in [2.75, 3.05) is 23.7 Å². The Balaban J connectivity index is 2.19. The van der Waals surface area contributed by atoms with E-state index in [9.17, 15) is 0 Å². The van der Waals surface area contributed by atoms with Crippen molar-refractivity contribution in [2.45, 2.75) is 25.0 Å². The number of benzene rings is 1. The number of thioether (sulfide) groups is 1. The summed E-state index contributed by atoms with van der Waals surface area (Å²) >= 11 is 8.22. The Kier molecular flexibility index (Phi) is 4.70. The minimum absolute atomic E-state index is 0.0362. The van der Waals surface area contributed by atoms with Crippen LogP contribution in [0.3, 0.4) is 0 Å². The summed E-state index contributed by atoms with van der Waals surface area (Å²) in [6.45, 7) is 6.60. The number of oxime groups is 1. The first-order chi connectivity index (χ1) is 9.43.